The van der Waals surface area contributed by atoms with E-state index in [4.69, 9.17) is 9.47 Å². The van der Waals surface area contributed by atoms with Crippen molar-refractivity contribution in [1.29, 1.82) is 0 Å². The second kappa shape index (κ2) is 4.30. The van der Waals surface area contributed by atoms with Crippen molar-refractivity contribution in [1.82, 2.24) is 5.43 Å². The van der Waals surface area contributed by atoms with Crippen molar-refractivity contribution in [3.63, 3.8) is 0 Å². The minimum atomic E-state index is -0.693. The van der Waals surface area contributed by atoms with Gasteiger partial charge < -0.3 is 9.47 Å². The molecule has 1 heterocycles. The van der Waals surface area contributed by atoms with Gasteiger partial charge in [-0.3, -0.25) is 5.43 Å². The second-order valence-corrected chi connectivity index (χ2v) is 3.87. The third kappa shape index (κ3) is 2.61. The van der Waals surface area contributed by atoms with Crippen LogP contribution in [0.3, 0.4) is 0 Å². The Balaban J connectivity index is 2.72. The molecule has 14 heavy (non-hydrogen) atoms. The highest BCUT2D eigenvalue weighted by molar-refractivity contribution is 5.87. The minimum absolute atomic E-state index is 0.0564. The monoisotopic (exact) mass is 200 g/mol. The smallest absolute Gasteiger partial charge is 0.408 e. The Morgan fingerprint density at radius 1 is 1.36 bits per heavy atom. The molecule has 0 bridgehead atoms. The van der Waals surface area contributed by atoms with Crippen LogP contribution in [-0.4, -0.2) is 18.3 Å². The van der Waals surface area contributed by atoms with Gasteiger partial charge in [-0.1, -0.05) is 27.7 Å². The Hall–Kier alpha value is -1.26. The molecule has 1 N–H and O–H groups in total. The molecule has 5 nitrogen and oxygen atoms in total. The number of hydrazone groups is 1. The lowest BCUT2D eigenvalue weighted by Crippen LogP contribution is -2.33. The van der Waals surface area contributed by atoms with E-state index in [1.54, 1.807) is 0 Å². The molecule has 1 rings (SSSR count). The molecule has 1 atom stereocenters. The van der Waals surface area contributed by atoms with Crippen LogP contribution < -0.4 is 5.43 Å². The van der Waals surface area contributed by atoms with E-state index < -0.39 is 12.4 Å². The zero-order valence-corrected chi connectivity index (χ0v) is 8.90. The topological polar surface area (TPSA) is 59.9 Å². The van der Waals surface area contributed by atoms with Crippen LogP contribution in [0.2, 0.25) is 0 Å². The fourth-order valence-electron chi connectivity index (χ4n) is 0.922. The molecule has 0 aromatic rings. The summed E-state index contributed by atoms with van der Waals surface area (Å²) in [6.45, 7) is 7.65. The van der Waals surface area contributed by atoms with Crippen LogP contribution in [0.25, 0.3) is 0 Å². The van der Waals surface area contributed by atoms with Gasteiger partial charge in [0.05, 0.1) is 0 Å². The fourth-order valence-corrected chi connectivity index (χ4v) is 0.922. The van der Waals surface area contributed by atoms with Crippen LogP contribution >= 0.6 is 0 Å². The van der Waals surface area contributed by atoms with E-state index >= 15 is 0 Å². The molecule has 0 aromatic carbocycles. The van der Waals surface area contributed by atoms with Crippen molar-refractivity contribution < 1.29 is 14.3 Å². The maximum atomic E-state index is 11.1. The van der Waals surface area contributed by atoms with Gasteiger partial charge in [0.2, 0.25) is 5.90 Å². The predicted octanol–water partition coefficient (Wildman–Crippen LogP) is 1.69. The number of nitrogens with zero attached hydrogens (tertiary/aromatic N) is 1. The Morgan fingerprint density at radius 2 is 2.00 bits per heavy atom. The molecule has 0 aliphatic carbocycles. The lowest BCUT2D eigenvalue weighted by atomic mass is 10.2. The van der Waals surface area contributed by atoms with Gasteiger partial charge in [-0.25, -0.2) is 4.79 Å². The first-order chi connectivity index (χ1) is 6.50. The van der Waals surface area contributed by atoms with Crippen LogP contribution in [0.1, 0.15) is 27.7 Å². The summed E-state index contributed by atoms with van der Waals surface area (Å²) in [5.74, 6) is 0.567. The molecule has 1 aliphatic rings. The van der Waals surface area contributed by atoms with E-state index in [2.05, 4.69) is 10.5 Å². The molecule has 0 aromatic heterocycles. The zero-order valence-electron chi connectivity index (χ0n) is 8.90. The number of carbonyl (C=O) groups is 1. The normalized spacial score (nSPS) is 22.3. The van der Waals surface area contributed by atoms with E-state index in [9.17, 15) is 4.79 Å². The first-order valence-electron chi connectivity index (χ1n) is 4.72. The van der Waals surface area contributed by atoms with Crippen molar-refractivity contribution in [3.8, 4) is 0 Å². The summed E-state index contributed by atoms with van der Waals surface area (Å²) in [5.41, 5.74) is 2.76. The van der Waals surface area contributed by atoms with Gasteiger partial charge in [-0.15, -0.1) is 5.10 Å². The SMILES string of the molecule is CC(C)C1=NNC(C(C)C)OC(=O)O1. The Kier molecular flexibility index (Phi) is 3.33. The molecule has 0 spiro atoms. The minimum Gasteiger partial charge on any atom is -0.408 e. The average molecular weight is 200 g/mol. The summed E-state index contributed by atoms with van der Waals surface area (Å²) < 4.78 is 9.85. The zero-order chi connectivity index (χ0) is 10.7. The molecule has 0 saturated heterocycles. The summed E-state index contributed by atoms with van der Waals surface area (Å²) >= 11 is 0. The van der Waals surface area contributed by atoms with Gasteiger partial charge in [0.15, 0.2) is 6.23 Å². The van der Waals surface area contributed by atoms with Crippen molar-refractivity contribution in [3.05, 3.63) is 0 Å². The maximum absolute atomic E-state index is 11.1. The molecule has 0 fully saturated rings. The van der Waals surface area contributed by atoms with E-state index in [-0.39, 0.29) is 11.8 Å². The van der Waals surface area contributed by atoms with Crippen LogP contribution in [0.15, 0.2) is 5.10 Å². The summed E-state index contributed by atoms with van der Waals surface area (Å²) in [7, 11) is 0. The second-order valence-electron chi connectivity index (χ2n) is 3.87. The number of hydrogen-bond acceptors (Lipinski definition) is 5. The number of hydrogen-bond donors (Lipinski definition) is 1. The summed E-state index contributed by atoms with van der Waals surface area (Å²) in [4.78, 5) is 11.1. The number of carbonyl (C=O) groups excluding carboxylic acids is 1. The van der Waals surface area contributed by atoms with Crippen molar-refractivity contribution in [2.45, 2.75) is 33.9 Å². The molecule has 0 saturated carbocycles. The van der Waals surface area contributed by atoms with E-state index in [0.717, 1.165) is 0 Å². The average Bonchev–Trinajstić information content (AvgIpc) is 2.26. The fraction of sp³-hybridized carbons (Fsp3) is 0.778. The van der Waals surface area contributed by atoms with E-state index in [1.807, 2.05) is 27.7 Å². The van der Waals surface area contributed by atoms with Crippen molar-refractivity contribution in [2.24, 2.45) is 16.9 Å². The number of ether oxygens (including phenoxy) is 2. The van der Waals surface area contributed by atoms with Gasteiger partial charge in [-0.05, 0) is 0 Å². The highest BCUT2D eigenvalue weighted by atomic mass is 16.7. The molecule has 5 heteroatoms. The number of nitrogens with one attached hydrogen (secondary N) is 1. The standard InChI is InChI=1S/C9H16N2O3/c1-5(2)7-10-11-8(6(3)4)14-9(12)13-7/h5-7,10H,1-4H3. The molecule has 1 unspecified atom stereocenters. The van der Waals surface area contributed by atoms with E-state index in [0.29, 0.717) is 5.90 Å². The van der Waals surface area contributed by atoms with Gasteiger partial charge >= 0.3 is 6.16 Å². The van der Waals surface area contributed by atoms with Crippen molar-refractivity contribution in [2.75, 3.05) is 0 Å². The molecular weight excluding hydrogens is 184 g/mol. The number of rotatable bonds is 2. The van der Waals surface area contributed by atoms with Gasteiger partial charge in [-0.2, -0.15) is 0 Å². The third-order valence-corrected chi connectivity index (χ3v) is 1.81. The molecule has 0 radical (unpaired) electrons. The van der Waals surface area contributed by atoms with E-state index in [1.165, 1.54) is 0 Å². The van der Waals surface area contributed by atoms with Gasteiger partial charge in [0, 0.05) is 11.8 Å². The highest BCUT2D eigenvalue weighted by Crippen LogP contribution is 2.10. The van der Waals surface area contributed by atoms with Crippen LogP contribution in [-0.2, 0) is 9.47 Å². The number of cyclic esters (lactones) is 2. The molecular formula is C9H16N2O3. The third-order valence-electron chi connectivity index (χ3n) is 1.81. The maximum Gasteiger partial charge on any atom is 0.517 e. The Labute approximate surface area is 83.5 Å². The Morgan fingerprint density at radius 3 is 2.50 bits per heavy atom. The summed E-state index contributed by atoms with van der Waals surface area (Å²) in [5, 5.41) is 3.97. The van der Waals surface area contributed by atoms with Crippen LogP contribution in [0, 0.1) is 11.8 Å². The van der Waals surface area contributed by atoms with Crippen molar-refractivity contribution >= 4 is 12.1 Å². The molecule has 1 aliphatic heterocycles. The molecule has 80 valence electrons. The first kappa shape index (κ1) is 10.8. The quantitative estimate of drug-likeness (QED) is 0.689. The first-order valence-corrected chi connectivity index (χ1v) is 4.72. The summed E-state index contributed by atoms with van der Waals surface area (Å²) in [6.07, 6.45) is -1.11. The summed E-state index contributed by atoms with van der Waals surface area (Å²) in [6, 6.07) is 0. The highest BCUT2D eigenvalue weighted by Gasteiger charge is 2.24. The van der Waals surface area contributed by atoms with Gasteiger partial charge in [0.25, 0.3) is 0 Å². The Bertz CT molecular complexity index is 248. The lowest BCUT2D eigenvalue weighted by molar-refractivity contribution is 0.0260. The van der Waals surface area contributed by atoms with Crippen LogP contribution in [0.4, 0.5) is 4.79 Å². The van der Waals surface area contributed by atoms with Gasteiger partial charge in [0.1, 0.15) is 0 Å². The molecule has 0 amide bonds. The predicted molar refractivity (Wildman–Crippen MR) is 51.6 cm³/mol. The van der Waals surface area contributed by atoms with Crippen LogP contribution in [0.5, 0.6) is 0 Å². The largest absolute Gasteiger partial charge is 0.517 e. The lowest BCUT2D eigenvalue weighted by Gasteiger charge is -2.16.